The molecule has 0 aromatic carbocycles. The molecule has 3 rings (SSSR count). The molecule has 1 saturated heterocycles. The Labute approximate surface area is 109 Å². The number of carboxylic acids is 1. The Bertz CT molecular complexity index is 393. The van der Waals surface area contributed by atoms with Crippen molar-refractivity contribution >= 4 is 36.2 Å². The van der Waals surface area contributed by atoms with Gasteiger partial charge in [-0.1, -0.05) is 0 Å². The second-order valence-corrected chi connectivity index (χ2v) is 4.91. The fourth-order valence-corrected chi connectivity index (χ4v) is 3.06. The maximum absolute atomic E-state index is 10.8. The van der Waals surface area contributed by atoms with Gasteiger partial charge in [-0.25, -0.2) is 19.8 Å². The minimum absolute atomic E-state index is 0. The normalized spacial score (nSPS) is 20.0. The molecule has 0 atom stereocenters. The molecule has 0 spiro atoms. The summed E-state index contributed by atoms with van der Waals surface area (Å²) in [5.41, 5.74) is 0.954. The van der Waals surface area contributed by atoms with Crippen molar-refractivity contribution in [2.45, 2.75) is 19.5 Å². The van der Waals surface area contributed by atoms with Crippen LogP contribution in [0.15, 0.2) is 0 Å². The summed E-state index contributed by atoms with van der Waals surface area (Å²) in [6.45, 7) is 3.76. The van der Waals surface area contributed by atoms with Gasteiger partial charge in [-0.15, -0.1) is 11.3 Å². The van der Waals surface area contributed by atoms with Crippen LogP contribution in [-0.2, 0) is 13.1 Å². The van der Waals surface area contributed by atoms with Crippen molar-refractivity contribution in [3.8, 4) is 0 Å². The number of rotatable bonds is 1. The molecule has 0 unspecified atom stereocenters. The van der Waals surface area contributed by atoms with Crippen LogP contribution in [0.2, 0.25) is 0 Å². The summed E-state index contributed by atoms with van der Waals surface area (Å²) in [4.78, 5) is 16.1. The Morgan fingerprint density at radius 2 is 2.00 bits per heavy atom. The van der Waals surface area contributed by atoms with Crippen LogP contribution in [-0.4, -0.2) is 58.0 Å². The Kier molecular flexibility index (Phi) is 3.38. The van der Waals surface area contributed by atoms with Gasteiger partial charge in [0.15, 0.2) is 0 Å². The first-order valence-corrected chi connectivity index (χ1v) is 5.77. The van der Waals surface area contributed by atoms with Gasteiger partial charge in [0.1, 0.15) is 0 Å². The van der Waals surface area contributed by atoms with Crippen LogP contribution in [0.5, 0.6) is 0 Å². The Morgan fingerprint density at radius 1 is 1.31 bits per heavy atom. The van der Waals surface area contributed by atoms with Crippen LogP contribution >= 0.6 is 11.3 Å². The number of fused-ring (bicyclic) bond motifs is 2. The molecule has 5 nitrogen and oxygen atoms in total. The zero-order chi connectivity index (χ0) is 10.4. The van der Waals surface area contributed by atoms with E-state index in [1.54, 1.807) is 0 Å². The van der Waals surface area contributed by atoms with Crippen molar-refractivity contribution in [1.29, 1.82) is 0 Å². The van der Waals surface area contributed by atoms with E-state index in [2.05, 4.69) is 15.0 Å². The molecule has 16 heavy (non-hydrogen) atoms. The number of hydrogen-bond donors (Lipinski definition) is 1. The molecule has 82 valence electrons. The SMILES string of the molecule is O=C(O)c1nc2c(s1)CN1CCCN1C2.[LiH]. The van der Waals surface area contributed by atoms with Gasteiger partial charge in [-0.05, 0) is 6.42 Å². The molecule has 0 saturated carbocycles. The Balaban J connectivity index is 0.000000963. The molecule has 0 amide bonds. The number of carboxylic acid groups (broad SMARTS) is 1. The van der Waals surface area contributed by atoms with Crippen molar-refractivity contribution < 1.29 is 9.90 Å². The molecule has 1 aromatic rings. The van der Waals surface area contributed by atoms with Crippen LogP contribution in [0.1, 0.15) is 26.8 Å². The van der Waals surface area contributed by atoms with E-state index >= 15 is 0 Å². The summed E-state index contributed by atoms with van der Waals surface area (Å²) in [6, 6.07) is 0. The summed E-state index contributed by atoms with van der Waals surface area (Å²) in [6.07, 6.45) is 1.20. The first-order valence-electron chi connectivity index (χ1n) is 4.96. The Morgan fingerprint density at radius 3 is 2.69 bits per heavy atom. The molecule has 0 bridgehead atoms. The van der Waals surface area contributed by atoms with Gasteiger partial charge in [0.05, 0.1) is 12.2 Å². The van der Waals surface area contributed by atoms with Gasteiger partial charge < -0.3 is 5.11 Å². The summed E-state index contributed by atoms with van der Waals surface area (Å²) in [5.74, 6) is -0.912. The van der Waals surface area contributed by atoms with E-state index in [0.29, 0.717) is 0 Å². The maximum atomic E-state index is 10.8. The molecule has 0 aliphatic carbocycles. The number of aromatic carboxylic acids is 1. The average molecular weight is 233 g/mol. The van der Waals surface area contributed by atoms with Gasteiger partial charge in [0.2, 0.25) is 5.01 Å². The number of thiazole rings is 1. The molecule has 7 heteroatoms. The molecule has 1 N–H and O–H groups in total. The van der Waals surface area contributed by atoms with E-state index < -0.39 is 5.97 Å². The third-order valence-corrected chi connectivity index (χ3v) is 3.92. The van der Waals surface area contributed by atoms with Crippen molar-refractivity contribution in [3.63, 3.8) is 0 Å². The van der Waals surface area contributed by atoms with E-state index in [9.17, 15) is 4.79 Å². The third kappa shape index (κ3) is 1.92. The standard InChI is InChI=1S/C9H11N3O2S.Li.H/c13-9(14)8-10-6-4-11-2-1-3-12(11)5-7(6)15-8;;/h1-5H2,(H,13,14);;. The molecule has 1 fully saturated rings. The molecular formula is C9H12LiN3O2S. The summed E-state index contributed by atoms with van der Waals surface area (Å²) >= 11 is 1.31. The summed E-state index contributed by atoms with van der Waals surface area (Å²) in [5, 5.41) is 13.6. The monoisotopic (exact) mass is 233 g/mol. The second kappa shape index (κ2) is 4.47. The van der Waals surface area contributed by atoms with Crippen LogP contribution in [0.3, 0.4) is 0 Å². The quantitative estimate of drug-likeness (QED) is 0.699. The second-order valence-electron chi connectivity index (χ2n) is 3.82. The first-order chi connectivity index (χ1) is 7.24. The van der Waals surface area contributed by atoms with Crippen LogP contribution in [0.25, 0.3) is 0 Å². The molecule has 0 radical (unpaired) electrons. The zero-order valence-corrected chi connectivity index (χ0v) is 8.96. The molecular weight excluding hydrogens is 221 g/mol. The average Bonchev–Trinajstić information content (AvgIpc) is 2.77. The Hall–Kier alpha value is -0.383. The van der Waals surface area contributed by atoms with E-state index in [4.69, 9.17) is 5.11 Å². The van der Waals surface area contributed by atoms with Gasteiger partial charge in [-0.3, -0.25) is 0 Å². The number of carbonyl (C=O) groups is 1. The molecule has 2 aliphatic rings. The van der Waals surface area contributed by atoms with Gasteiger partial charge in [-0.2, -0.15) is 0 Å². The topological polar surface area (TPSA) is 56.7 Å². The zero-order valence-electron chi connectivity index (χ0n) is 8.14. The summed E-state index contributed by atoms with van der Waals surface area (Å²) < 4.78 is 0. The minimum atomic E-state index is -0.912. The molecule has 1 aromatic heterocycles. The number of aromatic nitrogens is 1. The van der Waals surface area contributed by atoms with Crippen molar-refractivity contribution in [2.24, 2.45) is 0 Å². The van der Waals surface area contributed by atoms with E-state index in [1.165, 1.54) is 17.8 Å². The third-order valence-electron chi connectivity index (χ3n) is 2.85. The van der Waals surface area contributed by atoms with E-state index in [1.807, 2.05) is 0 Å². The van der Waals surface area contributed by atoms with Gasteiger partial charge in [0, 0.05) is 24.5 Å². The van der Waals surface area contributed by atoms with Gasteiger partial charge in [0.25, 0.3) is 0 Å². The van der Waals surface area contributed by atoms with Crippen molar-refractivity contribution in [2.75, 3.05) is 13.1 Å². The molecule has 3 heterocycles. The molecule has 2 aliphatic heterocycles. The van der Waals surface area contributed by atoms with Crippen molar-refractivity contribution in [3.05, 3.63) is 15.6 Å². The number of nitrogens with zero attached hydrogens (tertiary/aromatic N) is 3. The fourth-order valence-electron chi connectivity index (χ4n) is 2.14. The predicted molar refractivity (Wildman–Crippen MR) is 61.7 cm³/mol. The number of hydrazine groups is 1. The van der Waals surface area contributed by atoms with Gasteiger partial charge >= 0.3 is 24.8 Å². The fraction of sp³-hybridized carbons (Fsp3) is 0.556. The van der Waals surface area contributed by atoms with Crippen molar-refractivity contribution in [1.82, 2.24) is 15.0 Å². The van der Waals surface area contributed by atoms with E-state index in [-0.39, 0.29) is 23.9 Å². The van der Waals surface area contributed by atoms with Crippen LogP contribution in [0, 0.1) is 0 Å². The van der Waals surface area contributed by atoms with Crippen LogP contribution < -0.4 is 0 Å². The predicted octanol–water partition coefficient (Wildman–Crippen LogP) is 0.129. The number of hydrogen-bond acceptors (Lipinski definition) is 5. The van der Waals surface area contributed by atoms with Crippen LogP contribution in [0.4, 0.5) is 0 Å². The first kappa shape index (κ1) is 12.1. The summed E-state index contributed by atoms with van der Waals surface area (Å²) in [7, 11) is 0. The van der Waals surface area contributed by atoms with E-state index in [0.717, 1.165) is 36.8 Å².